The quantitative estimate of drug-likeness (QED) is 0.0272. The number of likely N-dealkylation sites (N-methyl/N-ethyl adjacent to an activating group) is 1. The van der Waals surface area contributed by atoms with Crippen LogP contribution in [-0.2, 0) is 18.4 Å². The van der Waals surface area contributed by atoms with E-state index in [0.29, 0.717) is 17.4 Å². The molecule has 1 amide bonds. The zero-order valence-corrected chi connectivity index (χ0v) is 51.0. The average molecular weight is 1090 g/mol. The van der Waals surface area contributed by atoms with Gasteiger partial charge in [-0.15, -0.1) is 0 Å². The number of phosphoric ester groups is 1. The van der Waals surface area contributed by atoms with Gasteiger partial charge in [-0.2, -0.15) is 0 Å². The summed E-state index contributed by atoms with van der Waals surface area (Å²) in [5.41, 5.74) is 0. The summed E-state index contributed by atoms with van der Waals surface area (Å²) < 4.78 is 23.3. The summed E-state index contributed by atoms with van der Waals surface area (Å²) in [6, 6.07) is -0.900. The number of aliphatic hydroxyl groups is 1. The van der Waals surface area contributed by atoms with Crippen molar-refractivity contribution in [2.75, 3.05) is 40.9 Å². The Morgan fingerprint density at radius 2 is 0.792 bits per heavy atom. The van der Waals surface area contributed by atoms with Crippen LogP contribution in [0.25, 0.3) is 0 Å². The first-order valence-corrected chi connectivity index (χ1v) is 32.5. The average Bonchev–Trinajstić information content (AvgIpc) is 3.39. The van der Waals surface area contributed by atoms with Crippen LogP contribution in [0.15, 0.2) is 134 Å². The van der Waals surface area contributed by atoms with Crippen molar-refractivity contribution in [1.82, 2.24) is 5.32 Å². The summed E-state index contributed by atoms with van der Waals surface area (Å²) in [4.78, 5) is 25.5. The summed E-state index contributed by atoms with van der Waals surface area (Å²) in [6.45, 7) is 4.52. The van der Waals surface area contributed by atoms with Crippen LogP contribution in [0.3, 0.4) is 0 Å². The Morgan fingerprint density at radius 3 is 1.16 bits per heavy atom. The van der Waals surface area contributed by atoms with Gasteiger partial charge in [-0.25, -0.2) is 0 Å². The standard InChI is InChI=1S/C68H117N2O6P/c1-6-8-10-12-14-16-18-20-22-24-25-26-27-28-29-30-31-32-33-34-35-36-37-38-39-40-41-42-43-44-45-46-48-50-52-54-56-58-60-62-68(72)69-66(65-76-77(73,74)75-64-63-70(3,4)5)67(71)61-59-57-55-53-51-49-47-23-21-19-17-15-13-11-9-7-2/h8,10,14,16,20,22,25-26,28-29,31-32,34-35,37-38,40-41,43-44,59,61,66-67,71H,6-7,9,11-13,15,17-19,21,23-24,27,30,33,36,39,42,45-58,60,62-65H2,1-5H3,(H-,69,72,73,74)/b10-8-,16-14-,22-20-,26-25-,29-28-,32-31-,35-34-,38-37-,41-40-,44-43-,61-59+. The molecule has 0 aliphatic heterocycles. The first-order chi connectivity index (χ1) is 37.5. The Kier molecular flexibility index (Phi) is 54.8. The molecule has 440 valence electrons. The highest BCUT2D eigenvalue weighted by atomic mass is 31.2. The van der Waals surface area contributed by atoms with E-state index in [1.165, 1.54) is 103 Å². The molecule has 0 radical (unpaired) electrons. The predicted molar refractivity (Wildman–Crippen MR) is 334 cm³/mol. The van der Waals surface area contributed by atoms with E-state index in [0.717, 1.165) is 116 Å². The molecule has 0 bridgehead atoms. The van der Waals surface area contributed by atoms with Crippen LogP contribution in [0, 0.1) is 0 Å². The van der Waals surface area contributed by atoms with Gasteiger partial charge >= 0.3 is 0 Å². The summed E-state index contributed by atoms with van der Waals surface area (Å²) in [7, 11) is 1.24. The van der Waals surface area contributed by atoms with Gasteiger partial charge in [-0.1, -0.05) is 270 Å². The van der Waals surface area contributed by atoms with Crippen LogP contribution in [-0.4, -0.2) is 68.5 Å². The number of unbranched alkanes of at least 4 members (excludes halogenated alkanes) is 22. The van der Waals surface area contributed by atoms with E-state index in [1.54, 1.807) is 6.08 Å². The molecule has 3 unspecified atom stereocenters. The van der Waals surface area contributed by atoms with Gasteiger partial charge in [-0.3, -0.25) is 9.36 Å². The van der Waals surface area contributed by atoms with Crippen LogP contribution in [0.1, 0.15) is 239 Å². The Bertz CT molecular complexity index is 1710. The fourth-order valence-electron chi connectivity index (χ4n) is 8.30. The van der Waals surface area contributed by atoms with E-state index in [1.807, 2.05) is 27.2 Å². The van der Waals surface area contributed by atoms with Gasteiger partial charge in [0.05, 0.1) is 39.9 Å². The van der Waals surface area contributed by atoms with Crippen LogP contribution in [0.2, 0.25) is 0 Å². The summed E-state index contributed by atoms with van der Waals surface area (Å²) in [5.74, 6) is -0.211. The van der Waals surface area contributed by atoms with Gasteiger partial charge in [0.15, 0.2) is 0 Å². The Balaban J connectivity index is 4.16. The fourth-order valence-corrected chi connectivity index (χ4v) is 9.02. The molecule has 0 aromatic heterocycles. The molecular weight excluding hydrogens is 972 g/mol. The highest BCUT2D eigenvalue weighted by Crippen LogP contribution is 2.38. The molecule has 0 aliphatic carbocycles. The van der Waals surface area contributed by atoms with Gasteiger partial charge in [0.2, 0.25) is 5.91 Å². The number of hydrogen-bond acceptors (Lipinski definition) is 6. The molecule has 8 nitrogen and oxygen atoms in total. The number of phosphoric acid groups is 1. The number of nitrogens with one attached hydrogen (secondary N) is 1. The van der Waals surface area contributed by atoms with Crippen molar-refractivity contribution >= 4 is 13.7 Å². The van der Waals surface area contributed by atoms with Crippen LogP contribution in [0.4, 0.5) is 0 Å². The normalized spacial score (nSPS) is 14.7. The Labute approximate surface area is 475 Å². The van der Waals surface area contributed by atoms with Crippen molar-refractivity contribution in [3.63, 3.8) is 0 Å². The monoisotopic (exact) mass is 1090 g/mol. The minimum Gasteiger partial charge on any atom is -0.756 e. The minimum atomic E-state index is -4.61. The molecule has 2 N–H and O–H groups in total. The van der Waals surface area contributed by atoms with E-state index in [4.69, 9.17) is 9.05 Å². The third-order valence-electron chi connectivity index (χ3n) is 13.1. The summed E-state index contributed by atoms with van der Waals surface area (Å²) in [5, 5.41) is 13.9. The maximum absolute atomic E-state index is 13.0. The molecule has 9 heteroatoms. The number of hydrogen-bond donors (Lipinski definition) is 2. The predicted octanol–water partition coefficient (Wildman–Crippen LogP) is 18.9. The highest BCUT2D eigenvalue weighted by molar-refractivity contribution is 7.45. The lowest BCUT2D eigenvalue weighted by molar-refractivity contribution is -0.870. The Hall–Kier alpha value is -3.36. The number of quaternary nitrogens is 1. The maximum Gasteiger partial charge on any atom is 0.268 e. The van der Waals surface area contributed by atoms with E-state index < -0.39 is 26.6 Å². The van der Waals surface area contributed by atoms with Crippen molar-refractivity contribution in [2.24, 2.45) is 0 Å². The number of carbonyl (C=O) groups is 1. The maximum atomic E-state index is 13.0. The van der Waals surface area contributed by atoms with E-state index in [-0.39, 0.29) is 12.5 Å². The molecule has 0 saturated heterocycles. The molecule has 3 atom stereocenters. The van der Waals surface area contributed by atoms with Crippen molar-refractivity contribution in [3.8, 4) is 0 Å². The van der Waals surface area contributed by atoms with Gasteiger partial charge in [-0.05, 0) is 96.3 Å². The molecule has 0 saturated carbocycles. The molecular formula is C68H117N2O6P. The number of rotatable bonds is 55. The summed E-state index contributed by atoms with van der Waals surface area (Å²) in [6.07, 6.45) is 86.7. The van der Waals surface area contributed by atoms with Crippen LogP contribution >= 0.6 is 7.82 Å². The molecule has 77 heavy (non-hydrogen) atoms. The van der Waals surface area contributed by atoms with Crippen LogP contribution < -0.4 is 10.2 Å². The van der Waals surface area contributed by atoms with Gasteiger partial charge < -0.3 is 28.8 Å². The Morgan fingerprint density at radius 1 is 0.468 bits per heavy atom. The van der Waals surface area contributed by atoms with Gasteiger partial charge in [0.1, 0.15) is 13.2 Å². The molecule has 0 heterocycles. The van der Waals surface area contributed by atoms with E-state index in [9.17, 15) is 19.4 Å². The van der Waals surface area contributed by atoms with Gasteiger partial charge in [0, 0.05) is 6.42 Å². The van der Waals surface area contributed by atoms with Crippen LogP contribution in [0.5, 0.6) is 0 Å². The molecule has 0 aliphatic rings. The fraction of sp³-hybridized carbons (Fsp3) is 0.662. The third-order valence-corrected chi connectivity index (χ3v) is 14.1. The second kappa shape index (κ2) is 57.3. The number of amides is 1. The second-order valence-electron chi connectivity index (χ2n) is 21.7. The number of nitrogens with zero attached hydrogens (tertiary/aromatic N) is 1. The lowest BCUT2D eigenvalue weighted by Crippen LogP contribution is -2.45. The van der Waals surface area contributed by atoms with Crippen molar-refractivity contribution < 1.29 is 32.9 Å². The SMILES string of the molecule is CC/C=C\C/C=C\C/C=C\C/C=C\C/C=C\C/C=C\C/C=C\C/C=C\C/C=C\C/C=C\CCCCCCCCCCC(=O)NC(COP(=O)([O-])OCC[N+](C)(C)C)C(O)/C=C/CCCCCCCCCCCCCCCC. The molecule has 0 fully saturated rings. The highest BCUT2D eigenvalue weighted by Gasteiger charge is 2.23. The van der Waals surface area contributed by atoms with Crippen molar-refractivity contribution in [1.29, 1.82) is 0 Å². The zero-order chi connectivity index (χ0) is 56.3. The van der Waals surface area contributed by atoms with E-state index in [2.05, 4.69) is 141 Å². The molecule has 0 aromatic rings. The minimum absolute atomic E-state index is 0.00883. The lowest BCUT2D eigenvalue weighted by atomic mass is 10.0. The number of aliphatic hydroxyl groups excluding tert-OH is 1. The molecule has 0 spiro atoms. The van der Waals surface area contributed by atoms with Crippen molar-refractivity contribution in [3.05, 3.63) is 134 Å². The molecule has 0 aromatic carbocycles. The zero-order valence-electron chi connectivity index (χ0n) is 50.1. The third kappa shape index (κ3) is 60.1. The summed E-state index contributed by atoms with van der Waals surface area (Å²) >= 11 is 0. The smallest absolute Gasteiger partial charge is 0.268 e. The largest absolute Gasteiger partial charge is 0.756 e. The topological polar surface area (TPSA) is 108 Å². The molecule has 0 rings (SSSR count). The number of allylic oxidation sites excluding steroid dienone is 21. The van der Waals surface area contributed by atoms with Crippen molar-refractivity contribution in [2.45, 2.75) is 251 Å². The lowest BCUT2D eigenvalue weighted by Gasteiger charge is -2.29. The number of carbonyl (C=O) groups excluding carboxylic acids is 1. The van der Waals surface area contributed by atoms with Gasteiger partial charge in [0.25, 0.3) is 7.82 Å². The first kappa shape index (κ1) is 73.6. The van der Waals surface area contributed by atoms with E-state index >= 15 is 0 Å². The first-order valence-electron chi connectivity index (χ1n) is 31.0. The second-order valence-corrected chi connectivity index (χ2v) is 23.1.